The highest BCUT2D eigenvalue weighted by atomic mass is 32.1. The normalized spacial score (nSPS) is 16.8. The molecule has 0 heterocycles. The van der Waals surface area contributed by atoms with Crippen LogP contribution in [0.15, 0.2) is 0 Å². The van der Waals surface area contributed by atoms with Crippen LogP contribution in [0.3, 0.4) is 0 Å². The first kappa shape index (κ1) is 14.7. The molecule has 1 aliphatic carbocycles. The molecule has 0 aromatic heterocycles. The minimum Gasteiger partial charge on any atom is -0.380 e. The zero-order valence-electron chi connectivity index (χ0n) is 11.2. The van der Waals surface area contributed by atoms with E-state index in [2.05, 4.69) is 17.1 Å². The van der Waals surface area contributed by atoms with Gasteiger partial charge in [0, 0.05) is 25.7 Å². The molecule has 0 atom stereocenters. The third kappa shape index (κ3) is 5.68. The van der Waals surface area contributed by atoms with Crippen molar-refractivity contribution in [3.63, 3.8) is 0 Å². The van der Waals surface area contributed by atoms with E-state index in [1.807, 2.05) is 6.92 Å². The Kier molecular flexibility index (Phi) is 7.53. The standard InChI is InChI=1S/C13H26N2OS/c1-3-15(10-11-16-4-2)13(17)14-12-8-6-5-7-9-12/h12H,3-11H2,1-2H3,(H,14,17). The van der Waals surface area contributed by atoms with Crippen molar-refractivity contribution < 1.29 is 4.74 Å². The van der Waals surface area contributed by atoms with E-state index in [-0.39, 0.29) is 0 Å². The fourth-order valence-corrected chi connectivity index (χ4v) is 2.62. The van der Waals surface area contributed by atoms with Crippen LogP contribution in [0.1, 0.15) is 46.0 Å². The summed E-state index contributed by atoms with van der Waals surface area (Å²) in [6.07, 6.45) is 6.59. The Balaban J connectivity index is 2.26. The van der Waals surface area contributed by atoms with Crippen molar-refractivity contribution in [3.05, 3.63) is 0 Å². The van der Waals surface area contributed by atoms with Gasteiger partial charge in [0.05, 0.1) is 6.61 Å². The number of nitrogens with one attached hydrogen (secondary N) is 1. The zero-order chi connectivity index (χ0) is 12.5. The van der Waals surface area contributed by atoms with Gasteiger partial charge in [-0.05, 0) is 38.9 Å². The molecule has 0 unspecified atom stereocenters. The lowest BCUT2D eigenvalue weighted by atomic mass is 9.96. The molecule has 0 aliphatic heterocycles. The van der Waals surface area contributed by atoms with Crippen molar-refractivity contribution in [2.45, 2.75) is 52.0 Å². The zero-order valence-corrected chi connectivity index (χ0v) is 12.0. The van der Waals surface area contributed by atoms with E-state index in [1.54, 1.807) is 0 Å². The highest BCUT2D eigenvalue weighted by Gasteiger charge is 2.16. The predicted molar refractivity (Wildman–Crippen MR) is 76.3 cm³/mol. The Morgan fingerprint density at radius 3 is 2.59 bits per heavy atom. The monoisotopic (exact) mass is 258 g/mol. The molecular formula is C13H26N2OS. The molecule has 0 spiro atoms. The second kappa shape index (κ2) is 8.70. The lowest BCUT2D eigenvalue weighted by Gasteiger charge is -2.30. The maximum Gasteiger partial charge on any atom is 0.169 e. The molecule has 0 saturated heterocycles. The van der Waals surface area contributed by atoms with Gasteiger partial charge in [-0.2, -0.15) is 0 Å². The Hall–Kier alpha value is -0.350. The summed E-state index contributed by atoms with van der Waals surface area (Å²) in [6.45, 7) is 7.54. The molecule has 0 aromatic carbocycles. The van der Waals surface area contributed by atoms with Gasteiger partial charge in [-0.25, -0.2) is 0 Å². The first-order valence-corrected chi connectivity index (χ1v) is 7.32. The molecule has 1 aliphatic rings. The maximum absolute atomic E-state index is 5.46. The summed E-state index contributed by atoms with van der Waals surface area (Å²) >= 11 is 5.46. The number of rotatable bonds is 6. The fraction of sp³-hybridized carbons (Fsp3) is 0.923. The predicted octanol–water partition coefficient (Wildman–Crippen LogP) is 2.55. The number of hydrogen-bond donors (Lipinski definition) is 1. The van der Waals surface area contributed by atoms with Crippen LogP contribution in [-0.2, 0) is 4.74 Å². The first-order valence-electron chi connectivity index (χ1n) is 6.91. The molecule has 3 nitrogen and oxygen atoms in total. The highest BCUT2D eigenvalue weighted by Crippen LogP contribution is 2.17. The summed E-state index contributed by atoms with van der Waals surface area (Å²) in [5.41, 5.74) is 0. The van der Waals surface area contributed by atoms with Gasteiger partial charge in [-0.1, -0.05) is 19.3 Å². The van der Waals surface area contributed by atoms with E-state index >= 15 is 0 Å². The van der Waals surface area contributed by atoms with Crippen LogP contribution in [0.2, 0.25) is 0 Å². The molecule has 17 heavy (non-hydrogen) atoms. The van der Waals surface area contributed by atoms with Gasteiger partial charge in [0.15, 0.2) is 5.11 Å². The minimum absolute atomic E-state index is 0.595. The Labute approximate surface area is 111 Å². The van der Waals surface area contributed by atoms with Gasteiger partial charge in [-0.15, -0.1) is 0 Å². The van der Waals surface area contributed by atoms with Gasteiger partial charge in [0.2, 0.25) is 0 Å². The largest absolute Gasteiger partial charge is 0.380 e. The number of hydrogen-bond acceptors (Lipinski definition) is 2. The van der Waals surface area contributed by atoms with Crippen LogP contribution in [0.5, 0.6) is 0 Å². The summed E-state index contributed by atoms with van der Waals surface area (Å²) in [5.74, 6) is 0. The van der Waals surface area contributed by atoms with Crippen LogP contribution in [0, 0.1) is 0 Å². The smallest absolute Gasteiger partial charge is 0.169 e. The van der Waals surface area contributed by atoms with Crippen molar-refractivity contribution in [1.82, 2.24) is 10.2 Å². The fourth-order valence-electron chi connectivity index (χ4n) is 2.24. The second-order valence-electron chi connectivity index (χ2n) is 4.56. The van der Waals surface area contributed by atoms with Crippen LogP contribution in [-0.4, -0.2) is 42.4 Å². The van der Waals surface area contributed by atoms with E-state index in [4.69, 9.17) is 17.0 Å². The SMILES string of the molecule is CCOCCN(CC)C(=S)NC1CCCCC1. The lowest BCUT2D eigenvalue weighted by Crippen LogP contribution is -2.46. The van der Waals surface area contributed by atoms with Gasteiger partial charge in [-0.3, -0.25) is 0 Å². The second-order valence-corrected chi connectivity index (χ2v) is 4.95. The third-order valence-electron chi connectivity index (χ3n) is 3.31. The van der Waals surface area contributed by atoms with Crippen LogP contribution < -0.4 is 5.32 Å². The molecule has 1 N–H and O–H groups in total. The molecule has 0 radical (unpaired) electrons. The van der Waals surface area contributed by atoms with Crippen LogP contribution >= 0.6 is 12.2 Å². The van der Waals surface area contributed by atoms with E-state index in [9.17, 15) is 0 Å². The molecule has 0 bridgehead atoms. The van der Waals surface area contributed by atoms with E-state index in [0.29, 0.717) is 6.04 Å². The van der Waals surface area contributed by atoms with Gasteiger partial charge in [0.1, 0.15) is 0 Å². The van der Waals surface area contributed by atoms with Gasteiger partial charge in [0.25, 0.3) is 0 Å². The molecule has 0 aromatic rings. The Morgan fingerprint density at radius 2 is 2.00 bits per heavy atom. The van der Waals surface area contributed by atoms with Crippen LogP contribution in [0.4, 0.5) is 0 Å². The lowest BCUT2D eigenvalue weighted by molar-refractivity contribution is 0.133. The molecular weight excluding hydrogens is 232 g/mol. The molecule has 1 fully saturated rings. The van der Waals surface area contributed by atoms with Crippen molar-refractivity contribution in [2.75, 3.05) is 26.3 Å². The number of likely N-dealkylation sites (N-methyl/N-ethyl adjacent to an activating group) is 1. The van der Waals surface area contributed by atoms with E-state index < -0.39 is 0 Å². The van der Waals surface area contributed by atoms with E-state index in [0.717, 1.165) is 31.4 Å². The molecule has 0 amide bonds. The molecule has 1 saturated carbocycles. The summed E-state index contributed by atoms with van der Waals surface area (Å²) in [7, 11) is 0. The Bertz CT molecular complexity index is 217. The van der Waals surface area contributed by atoms with Crippen LogP contribution in [0.25, 0.3) is 0 Å². The number of nitrogens with zero attached hydrogens (tertiary/aromatic N) is 1. The first-order chi connectivity index (χ1) is 8.27. The minimum atomic E-state index is 0.595. The van der Waals surface area contributed by atoms with Crippen molar-refractivity contribution >= 4 is 17.3 Å². The summed E-state index contributed by atoms with van der Waals surface area (Å²) < 4.78 is 5.38. The van der Waals surface area contributed by atoms with Crippen molar-refractivity contribution in [1.29, 1.82) is 0 Å². The molecule has 4 heteroatoms. The Morgan fingerprint density at radius 1 is 1.29 bits per heavy atom. The summed E-state index contributed by atoms with van der Waals surface area (Å²) in [5, 5.41) is 4.40. The van der Waals surface area contributed by atoms with Gasteiger partial charge < -0.3 is 15.0 Å². The number of ether oxygens (including phenoxy) is 1. The number of thiocarbonyl (C=S) groups is 1. The summed E-state index contributed by atoms with van der Waals surface area (Å²) in [4.78, 5) is 2.19. The highest BCUT2D eigenvalue weighted by molar-refractivity contribution is 7.80. The van der Waals surface area contributed by atoms with Crippen molar-refractivity contribution in [3.8, 4) is 0 Å². The average Bonchev–Trinajstić information content (AvgIpc) is 2.36. The van der Waals surface area contributed by atoms with Crippen molar-refractivity contribution in [2.24, 2.45) is 0 Å². The maximum atomic E-state index is 5.46. The topological polar surface area (TPSA) is 24.5 Å². The molecule has 100 valence electrons. The van der Waals surface area contributed by atoms with Gasteiger partial charge >= 0.3 is 0 Å². The summed E-state index contributed by atoms with van der Waals surface area (Å²) in [6, 6.07) is 0.595. The quantitative estimate of drug-likeness (QED) is 0.584. The van der Waals surface area contributed by atoms with E-state index in [1.165, 1.54) is 32.1 Å². The third-order valence-corrected chi connectivity index (χ3v) is 3.69. The average molecular weight is 258 g/mol. The molecule has 1 rings (SSSR count).